The van der Waals surface area contributed by atoms with Crippen molar-refractivity contribution in [1.29, 1.82) is 0 Å². The van der Waals surface area contributed by atoms with Crippen LogP contribution in [0.3, 0.4) is 0 Å². The summed E-state index contributed by atoms with van der Waals surface area (Å²) < 4.78 is 39.2. The lowest BCUT2D eigenvalue weighted by Gasteiger charge is -2.10. The van der Waals surface area contributed by atoms with Gasteiger partial charge >= 0.3 is 0 Å². The summed E-state index contributed by atoms with van der Waals surface area (Å²) in [5.74, 6) is -2.24. The Morgan fingerprint density at radius 3 is 2.46 bits per heavy atom. The Labute approximate surface area is 163 Å². The summed E-state index contributed by atoms with van der Waals surface area (Å²) in [7, 11) is 4.46. The number of ether oxygens (including phenoxy) is 2. The Hall–Kier alpha value is -3.27. The summed E-state index contributed by atoms with van der Waals surface area (Å²) >= 11 is 6.35. The zero-order chi connectivity index (χ0) is 20.4. The van der Waals surface area contributed by atoms with E-state index >= 15 is 0 Å². The number of amides is 1. The summed E-state index contributed by atoms with van der Waals surface area (Å²) in [5.41, 5.74) is -0.0993. The number of halogens is 3. The van der Waals surface area contributed by atoms with Gasteiger partial charge in [0.25, 0.3) is 5.91 Å². The zero-order valence-electron chi connectivity index (χ0n) is 15.0. The van der Waals surface area contributed by atoms with Crippen molar-refractivity contribution >= 4 is 23.2 Å². The van der Waals surface area contributed by atoms with E-state index in [1.54, 1.807) is 13.1 Å². The van der Waals surface area contributed by atoms with Crippen LogP contribution in [0.5, 0.6) is 11.6 Å². The van der Waals surface area contributed by atoms with Gasteiger partial charge < -0.3 is 14.8 Å². The second-order valence-corrected chi connectivity index (χ2v) is 5.87. The topological polar surface area (TPSA) is 91.2 Å². The Kier molecular flexibility index (Phi) is 5.41. The predicted molar refractivity (Wildman–Crippen MR) is 96.7 cm³/mol. The molecule has 28 heavy (non-hydrogen) atoms. The van der Waals surface area contributed by atoms with Crippen LogP contribution < -0.4 is 14.8 Å². The molecule has 1 N–H and O–H groups in total. The van der Waals surface area contributed by atoms with Gasteiger partial charge in [-0.25, -0.2) is 13.8 Å². The minimum Gasteiger partial charge on any atom is -0.496 e. The van der Waals surface area contributed by atoms with E-state index in [1.165, 1.54) is 25.1 Å². The molecule has 0 aliphatic rings. The fourth-order valence-corrected chi connectivity index (χ4v) is 2.86. The number of rotatable bonds is 5. The standard InChI is InChI=1S/C17H14ClF2N5O3/c1-25-16(8-5-22-12(28-3)4-11(8)27-2)13(18)15(24-25)17(26)23-14-9(19)6-21-7-10(14)20/h4-7H,1-3H3,(H,21,23,26). The smallest absolute Gasteiger partial charge is 0.277 e. The van der Waals surface area contributed by atoms with Crippen LogP contribution in [0, 0.1) is 11.6 Å². The molecule has 3 heterocycles. The minimum atomic E-state index is -1.03. The maximum Gasteiger partial charge on any atom is 0.277 e. The fraction of sp³-hybridized carbons (Fsp3) is 0.176. The first-order valence-electron chi connectivity index (χ1n) is 7.78. The molecule has 146 valence electrons. The number of aromatic nitrogens is 4. The molecule has 0 bridgehead atoms. The van der Waals surface area contributed by atoms with Gasteiger partial charge in [0.1, 0.15) is 11.4 Å². The van der Waals surface area contributed by atoms with Crippen molar-refractivity contribution < 1.29 is 23.0 Å². The molecule has 0 radical (unpaired) electrons. The average Bonchev–Trinajstić information content (AvgIpc) is 2.98. The van der Waals surface area contributed by atoms with Gasteiger partial charge in [0.15, 0.2) is 17.3 Å². The molecule has 0 aliphatic heterocycles. The monoisotopic (exact) mass is 409 g/mol. The number of hydrogen-bond acceptors (Lipinski definition) is 6. The molecule has 8 nitrogen and oxygen atoms in total. The number of hydrogen-bond donors (Lipinski definition) is 1. The lowest BCUT2D eigenvalue weighted by molar-refractivity contribution is 0.102. The third kappa shape index (κ3) is 3.46. The number of aryl methyl sites for hydroxylation is 1. The lowest BCUT2D eigenvalue weighted by Crippen LogP contribution is -2.16. The summed E-state index contributed by atoms with van der Waals surface area (Å²) in [6.45, 7) is 0. The molecule has 11 heteroatoms. The van der Waals surface area contributed by atoms with Crippen LogP contribution in [0.2, 0.25) is 5.02 Å². The molecular formula is C17H14ClF2N5O3. The van der Waals surface area contributed by atoms with Crippen LogP contribution in [-0.2, 0) is 7.05 Å². The molecule has 3 aromatic rings. The largest absolute Gasteiger partial charge is 0.496 e. The van der Waals surface area contributed by atoms with Gasteiger partial charge in [0.05, 0.1) is 42.9 Å². The quantitative estimate of drug-likeness (QED) is 0.696. The third-order valence-corrected chi connectivity index (χ3v) is 4.18. The van der Waals surface area contributed by atoms with Crippen molar-refractivity contribution in [2.45, 2.75) is 0 Å². The summed E-state index contributed by atoms with van der Waals surface area (Å²) in [4.78, 5) is 20.0. The normalized spacial score (nSPS) is 10.6. The number of methoxy groups -OCH3 is 2. The van der Waals surface area contributed by atoms with Gasteiger partial charge in [0.2, 0.25) is 5.88 Å². The first-order valence-corrected chi connectivity index (χ1v) is 8.16. The van der Waals surface area contributed by atoms with E-state index in [-0.39, 0.29) is 10.7 Å². The molecule has 0 aromatic carbocycles. The number of nitrogens with one attached hydrogen (secondary N) is 1. The van der Waals surface area contributed by atoms with Crippen LogP contribution in [-0.4, -0.2) is 39.9 Å². The number of nitrogens with zero attached hydrogens (tertiary/aromatic N) is 4. The fourth-order valence-electron chi connectivity index (χ4n) is 2.52. The molecule has 3 aromatic heterocycles. The molecule has 0 spiro atoms. The van der Waals surface area contributed by atoms with Crippen LogP contribution in [0.4, 0.5) is 14.5 Å². The minimum absolute atomic E-state index is 0.0415. The van der Waals surface area contributed by atoms with Crippen molar-refractivity contribution in [1.82, 2.24) is 19.7 Å². The number of pyridine rings is 2. The van der Waals surface area contributed by atoms with E-state index in [2.05, 4.69) is 20.4 Å². The molecule has 0 aliphatic carbocycles. The van der Waals surface area contributed by atoms with Gasteiger partial charge in [-0.05, 0) is 0 Å². The molecule has 0 atom stereocenters. The highest BCUT2D eigenvalue weighted by Crippen LogP contribution is 2.37. The molecular weight excluding hydrogens is 396 g/mol. The SMILES string of the molecule is COc1cc(OC)c(-c2c(Cl)c(C(=O)Nc3c(F)cncc3F)nn2C)cn1. The number of carbonyl (C=O) groups excluding carboxylic acids is 1. The molecule has 1 amide bonds. The van der Waals surface area contributed by atoms with Gasteiger partial charge in [-0.15, -0.1) is 0 Å². The Balaban J connectivity index is 2.02. The molecule has 0 fully saturated rings. The van der Waals surface area contributed by atoms with E-state index in [0.717, 1.165) is 12.4 Å². The highest BCUT2D eigenvalue weighted by atomic mass is 35.5. The zero-order valence-corrected chi connectivity index (χ0v) is 15.7. The van der Waals surface area contributed by atoms with E-state index in [1.807, 2.05) is 0 Å². The third-order valence-electron chi connectivity index (χ3n) is 3.82. The Morgan fingerprint density at radius 1 is 1.18 bits per heavy atom. The molecule has 3 rings (SSSR count). The van der Waals surface area contributed by atoms with Crippen LogP contribution in [0.15, 0.2) is 24.7 Å². The van der Waals surface area contributed by atoms with Gasteiger partial charge in [-0.3, -0.25) is 14.5 Å². The van der Waals surface area contributed by atoms with Crippen LogP contribution in [0.25, 0.3) is 11.3 Å². The van der Waals surface area contributed by atoms with Crippen molar-refractivity contribution in [3.8, 4) is 22.9 Å². The molecule has 0 unspecified atom stereocenters. The Morgan fingerprint density at radius 2 is 1.86 bits per heavy atom. The van der Waals surface area contributed by atoms with Crippen molar-refractivity contribution in [3.05, 3.63) is 47.0 Å². The highest BCUT2D eigenvalue weighted by Gasteiger charge is 2.25. The van der Waals surface area contributed by atoms with E-state index in [9.17, 15) is 13.6 Å². The maximum absolute atomic E-state index is 13.7. The van der Waals surface area contributed by atoms with Gasteiger partial charge in [-0.2, -0.15) is 5.10 Å². The summed E-state index contributed by atoms with van der Waals surface area (Å²) in [5, 5.41) is 6.13. The van der Waals surface area contributed by atoms with Crippen molar-refractivity contribution in [3.63, 3.8) is 0 Å². The predicted octanol–water partition coefficient (Wildman–Crippen LogP) is 3.08. The van der Waals surface area contributed by atoms with Crippen LogP contribution in [0.1, 0.15) is 10.5 Å². The Bertz CT molecular complexity index is 1040. The number of anilines is 1. The number of carbonyl (C=O) groups is 1. The molecule has 0 saturated heterocycles. The molecule has 0 saturated carbocycles. The van der Waals surface area contributed by atoms with Gasteiger partial charge in [-0.1, -0.05) is 11.6 Å². The van der Waals surface area contributed by atoms with Crippen molar-refractivity contribution in [2.75, 3.05) is 19.5 Å². The first-order chi connectivity index (χ1) is 13.4. The first kappa shape index (κ1) is 19.5. The average molecular weight is 410 g/mol. The van der Waals surface area contributed by atoms with Crippen LogP contribution >= 0.6 is 11.6 Å². The summed E-state index contributed by atoms with van der Waals surface area (Å²) in [6.07, 6.45) is 3.00. The highest BCUT2D eigenvalue weighted by molar-refractivity contribution is 6.36. The van der Waals surface area contributed by atoms with E-state index in [4.69, 9.17) is 21.1 Å². The van der Waals surface area contributed by atoms with E-state index < -0.39 is 23.2 Å². The lowest BCUT2D eigenvalue weighted by atomic mass is 10.1. The van der Waals surface area contributed by atoms with E-state index in [0.29, 0.717) is 22.9 Å². The van der Waals surface area contributed by atoms with Gasteiger partial charge in [0, 0.05) is 19.3 Å². The summed E-state index contributed by atoms with van der Waals surface area (Å²) in [6, 6.07) is 1.54. The second-order valence-electron chi connectivity index (χ2n) is 5.49. The maximum atomic E-state index is 13.7. The second kappa shape index (κ2) is 7.77. The van der Waals surface area contributed by atoms with Crippen molar-refractivity contribution in [2.24, 2.45) is 7.05 Å².